The molecule has 0 bridgehead atoms. The van der Waals surface area contributed by atoms with E-state index in [1.54, 1.807) is 0 Å². The van der Waals surface area contributed by atoms with Crippen LogP contribution in [-0.4, -0.2) is 35.1 Å². The zero-order chi connectivity index (χ0) is 12.6. The summed E-state index contributed by atoms with van der Waals surface area (Å²) in [5.41, 5.74) is -0.510. The molecule has 17 heavy (non-hydrogen) atoms. The molecular formula is C12H19NO4. The van der Waals surface area contributed by atoms with Crippen molar-refractivity contribution < 1.29 is 19.5 Å². The molecule has 2 aliphatic rings. The number of carbonyl (C=O) groups is 1. The zero-order valence-corrected chi connectivity index (χ0v) is 10.5. The minimum absolute atomic E-state index is 0.0918. The highest BCUT2D eigenvalue weighted by Crippen LogP contribution is 2.37. The maximum atomic E-state index is 11.2. The van der Waals surface area contributed by atoms with Gasteiger partial charge in [-0.05, 0) is 32.6 Å². The van der Waals surface area contributed by atoms with Gasteiger partial charge in [0.1, 0.15) is 5.60 Å². The van der Waals surface area contributed by atoms with Crippen LogP contribution in [0.5, 0.6) is 0 Å². The van der Waals surface area contributed by atoms with Crippen molar-refractivity contribution in [3.05, 3.63) is 0 Å². The Labute approximate surface area is 101 Å². The van der Waals surface area contributed by atoms with E-state index in [0.29, 0.717) is 12.5 Å². The first-order valence-corrected chi connectivity index (χ1v) is 6.03. The summed E-state index contributed by atoms with van der Waals surface area (Å²) in [5.74, 6) is -0.745. The molecule has 2 unspecified atom stereocenters. The molecule has 3 atom stereocenters. The number of carboxylic acids is 1. The Morgan fingerprint density at radius 2 is 2.24 bits per heavy atom. The summed E-state index contributed by atoms with van der Waals surface area (Å²) >= 11 is 0. The van der Waals surface area contributed by atoms with Gasteiger partial charge >= 0.3 is 5.97 Å². The first-order valence-electron chi connectivity index (χ1n) is 6.03. The first-order chi connectivity index (χ1) is 7.92. The summed E-state index contributed by atoms with van der Waals surface area (Å²) in [5, 5.41) is 12.9. The predicted octanol–water partition coefficient (Wildman–Crippen LogP) is 1.67. The van der Waals surface area contributed by atoms with E-state index in [1.807, 2.05) is 13.8 Å². The molecule has 0 radical (unpaired) electrons. The maximum Gasteiger partial charge on any atom is 0.354 e. The van der Waals surface area contributed by atoms with Crippen molar-refractivity contribution in [3.63, 3.8) is 0 Å². The van der Waals surface area contributed by atoms with E-state index in [4.69, 9.17) is 14.7 Å². The summed E-state index contributed by atoms with van der Waals surface area (Å²) in [6, 6.07) is 0. The van der Waals surface area contributed by atoms with Gasteiger partial charge in [0.2, 0.25) is 0 Å². The predicted molar refractivity (Wildman–Crippen MR) is 61.9 cm³/mol. The number of ether oxygens (including phenoxy) is 1. The number of hydrogen-bond donors (Lipinski definition) is 1. The third kappa shape index (κ3) is 2.29. The molecule has 96 valence electrons. The number of oxime groups is 1. The van der Waals surface area contributed by atoms with Crippen LogP contribution in [0.4, 0.5) is 0 Å². The monoisotopic (exact) mass is 241 g/mol. The van der Waals surface area contributed by atoms with Crippen LogP contribution < -0.4 is 0 Å². The summed E-state index contributed by atoms with van der Waals surface area (Å²) in [6.45, 7) is 6.57. The molecule has 1 saturated heterocycles. The SMILES string of the molecule is C[C@H]1CCOC(C2C(C(=O)O)=NOC2(C)C)C1. The van der Waals surface area contributed by atoms with E-state index >= 15 is 0 Å². The van der Waals surface area contributed by atoms with Crippen molar-refractivity contribution in [1.82, 2.24) is 0 Å². The van der Waals surface area contributed by atoms with Gasteiger partial charge in [0.05, 0.1) is 12.0 Å². The van der Waals surface area contributed by atoms with Crippen LogP contribution in [0.2, 0.25) is 0 Å². The molecule has 5 nitrogen and oxygen atoms in total. The molecule has 2 aliphatic heterocycles. The van der Waals surface area contributed by atoms with Crippen LogP contribution in [0, 0.1) is 11.8 Å². The van der Waals surface area contributed by atoms with Gasteiger partial charge in [-0.25, -0.2) is 4.79 Å². The standard InChI is InChI=1S/C12H19NO4/c1-7-4-5-16-8(6-7)9-10(11(14)15)13-17-12(9,2)3/h7-9H,4-6H2,1-3H3,(H,14,15)/t7-,8?,9?/m0/s1. The van der Waals surface area contributed by atoms with Crippen molar-refractivity contribution in [2.24, 2.45) is 17.0 Å². The van der Waals surface area contributed by atoms with E-state index in [-0.39, 0.29) is 17.7 Å². The second-order valence-corrected chi connectivity index (χ2v) is 5.49. The Morgan fingerprint density at radius 1 is 1.53 bits per heavy atom. The minimum atomic E-state index is -1.01. The molecule has 0 aromatic rings. The molecule has 0 saturated carbocycles. The Morgan fingerprint density at radius 3 is 2.82 bits per heavy atom. The molecule has 1 N–H and O–H groups in total. The number of hydrogen-bond acceptors (Lipinski definition) is 4. The summed E-state index contributed by atoms with van der Waals surface area (Å²) in [7, 11) is 0. The van der Waals surface area contributed by atoms with Crippen molar-refractivity contribution in [2.75, 3.05) is 6.61 Å². The number of aliphatic carboxylic acids is 1. The van der Waals surface area contributed by atoms with Crippen molar-refractivity contribution in [2.45, 2.75) is 45.3 Å². The molecule has 0 amide bonds. The van der Waals surface area contributed by atoms with Gasteiger partial charge in [-0.3, -0.25) is 0 Å². The lowest BCUT2D eigenvalue weighted by molar-refractivity contribution is -0.130. The average Bonchev–Trinajstić information content (AvgIpc) is 2.54. The normalized spacial score (nSPS) is 36.2. The van der Waals surface area contributed by atoms with E-state index in [2.05, 4.69) is 12.1 Å². The lowest BCUT2D eigenvalue weighted by Gasteiger charge is -2.36. The topological polar surface area (TPSA) is 68.1 Å². The highest BCUT2D eigenvalue weighted by Gasteiger charge is 2.50. The molecule has 2 heterocycles. The quantitative estimate of drug-likeness (QED) is 0.798. The first kappa shape index (κ1) is 12.4. The van der Waals surface area contributed by atoms with Crippen LogP contribution in [0.15, 0.2) is 5.16 Å². The molecule has 0 aliphatic carbocycles. The Hall–Kier alpha value is -1.10. The lowest BCUT2D eigenvalue weighted by atomic mass is 9.78. The largest absolute Gasteiger partial charge is 0.477 e. The number of nitrogens with zero attached hydrogens (tertiary/aromatic N) is 1. The van der Waals surface area contributed by atoms with Crippen molar-refractivity contribution in [3.8, 4) is 0 Å². The van der Waals surface area contributed by atoms with Crippen molar-refractivity contribution in [1.29, 1.82) is 0 Å². The molecule has 2 rings (SSSR count). The number of carboxylic acid groups (broad SMARTS) is 1. The lowest BCUT2D eigenvalue weighted by Crippen LogP contribution is -2.46. The van der Waals surface area contributed by atoms with Gasteiger partial charge < -0.3 is 14.7 Å². The average molecular weight is 241 g/mol. The van der Waals surface area contributed by atoms with Crippen LogP contribution >= 0.6 is 0 Å². The minimum Gasteiger partial charge on any atom is -0.477 e. The summed E-state index contributed by atoms with van der Waals surface area (Å²) in [4.78, 5) is 16.4. The third-order valence-corrected chi connectivity index (χ3v) is 3.59. The van der Waals surface area contributed by atoms with Crippen LogP contribution in [0.1, 0.15) is 33.6 Å². The van der Waals surface area contributed by atoms with Gasteiger partial charge in [-0.1, -0.05) is 12.1 Å². The Bertz CT molecular complexity index is 350. The van der Waals surface area contributed by atoms with Gasteiger partial charge in [-0.15, -0.1) is 0 Å². The fourth-order valence-corrected chi connectivity index (χ4v) is 2.64. The second kappa shape index (κ2) is 4.29. The van der Waals surface area contributed by atoms with E-state index in [9.17, 15) is 4.79 Å². The fraction of sp³-hybridized carbons (Fsp3) is 0.833. The highest BCUT2D eigenvalue weighted by atomic mass is 16.7. The highest BCUT2D eigenvalue weighted by molar-refractivity contribution is 6.37. The van der Waals surface area contributed by atoms with Crippen molar-refractivity contribution >= 4 is 11.7 Å². The van der Waals surface area contributed by atoms with Crippen LogP contribution in [-0.2, 0) is 14.4 Å². The molecule has 0 aromatic carbocycles. The number of rotatable bonds is 2. The van der Waals surface area contributed by atoms with Gasteiger partial charge in [-0.2, -0.15) is 0 Å². The molecular weight excluding hydrogens is 222 g/mol. The Balaban J connectivity index is 2.20. The van der Waals surface area contributed by atoms with E-state index in [1.165, 1.54) is 0 Å². The molecule has 0 spiro atoms. The van der Waals surface area contributed by atoms with E-state index in [0.717, 1.165) is 12.8 Å². The van der Waals surface area contributed by atoms with Crippen LogP contribution in [0.3, 0.4) is 0 Å². The summed E-state index contributed by atoms with van der Waals surface area (Å²) < 4.78 is 5.72. The van der Waals surface area contributed by atoms with Gasteiger partial charge in [0, 0.05) is 6.61 Å². The summed E-state index contributed by atoms with van der Waals surface area (Å²) in [6.07, 6.45) is 1.79. The van der Waals surface area contributed by atoms with E-state index < -0.39 is 11.6 Å². The maximum absolute atomic E-state index is 11.2. The second-order valence-electron chi connectivity index (χ2n) is 5.49. The fourth-order valence-electron chi connectivity index (χ4n) is 2.64. The Kier molecular flexibility index (Phi) is 3.12. The van der Waals surface area contributed by atoms with Gasteiger partial charge in [0.15, 0.2) is 5.71 Å². The smallest absolute Gasteiger partial charge is 0.354 e. The van der Waals surface area contributed by atoms with Crippen LogP contribution in [0.25, 0.3) is 0 Å². The molecule has 0 aromatic heterocycles. The zero-order valence-electron chi connectivity index (χ0n) is 10.5. The van der Waals surface area contributed by atoms with Gasteiger partial charge in [0.25, 0.3) is 0 Å². The third-order valence-electron chi connectivity index (χ3n) is 3.59. The molecule has 5 heteroatoms. The molecule has 1 fully saturated rings.